The molecule has 110 valence electrons. The second-order valence-electron chi connectivity index (χ2n) is 5.57. The van der Waals surface area contributed by atoms with E-state index in [0.29, 0.717) is 11.5 Å². The fourth-order valence-corrected chi connectivity index (χ4v) is 2.91. The quantitative estimate of drug-likeness (QED) is 0.896. The van der Waals surface area contributed by atoms with Crippen LogP contribution in [0.2, 0.25) is 0 Å². The van der Waals surface area contributed by atoms with E-state index < -0.39 is 5.91 Å². The zero-order chi connectivity index (χ0) is 14.8. The first kappa shape index (κ1) is 13.8. The van der Waals surface area contributed by atoms with Crippen LogP contribution in [0.3, 0.4) is 0 Å². The van der Waals surface area contributed by atoms with Crippen LogP contribution in [-0.4, -0.2) is 35.7 Å². The summed E-state index contributed by atoms with van der Waals surface area (Å²) in [7, 11) is 0. The van der Waals surface area contributed by atoms with Gasteiger partial charge in [-0.1, -0.05) is 6.07 Å². The van der Waals surface area contributed by atoms with Gasteiger partial charge in [0.25, 0.3) is 0 Å². The van der Waals surface area contributed by atoms with Gasteiger partial charge in [-0.05, 0) is 30.9 Å². The Morgan fingerprint density at radius 3 is 2.76 bits per heavy atom. The third kappa shape index (κ3) is 2.69. The second kappa shape index (κ2) is 5.69. The van der Waals surface area contributed by atoms with Crippen LogP contribution < -0.4 is 10.6 Å². The van der Waals surface area contributed by atoms with Gasteiger partial charge in [-0.15, -0.1) is 0 Å². The van der Waals surface area contributed by atoms with Crippen molar-refractivity contribution in [2.24, 2.45) is 11.7 Å². The van der Waals surface area contributed by atoms with Crippen molar-refractivity contribution in [3.05, 3.63) is 36.2 Å². The summed E-state index contributed by atoms with van der Waals surface area (Å²) < 4.78 is 0. The lowest BCUT2D eigenvalue weighted by molar-refractivity contribution is 0.100. The highest BCUT2D eigenvalue weighted by Crippen LogP contribution is 2.30. The minimum Gasteiger partial charge on any atom is -0.396 e. The van der Waals surface area contributed by atoms with E-state index in [2.05, 4.69) is 9.88 Å². The minimum absolute atomic E-state index is 0.257. The normalized spacial score (nSPS) is 16.3. The number of amides is 1. The van der Waals surface area contributed by atoms with Gasteiger partial charge in [0.05, 0.1) is 11.9 Å². The Morgan fingerprint density at radius 2 is 2.10 bits per heavy atom. The SMILES string of the molecule is NC(=O)c1ccc2cncc(N3CCC(CO)CC3)c2c1. The predicted molar refractivity (Wildman–Crippen MR) is 82.3 cm³/mol. The summed E-state index contributed by atoms with van der Waals surface area (Å²) in [4.78, 5) is 17.9. The lowest BCUT2D eigenvalue weighted by atomic mass is 9.97. The molecule has 3 rings (SSSR count). The van der Waals surface area contributed by atoms with Gasteiger partial charge >= 0.3 is 0 Å². The summed E-state index contributed by atoms with van der Waals surface area (Å²) in [6, 6.07) is 5.45. The monoisotopic (exact) mass is 285 g/mol. The summed E-state index contributed by atoms with van der Waals surface area (Å²) >= 11 is 0. The number of benzene rings is 1. The van der Waals surface area contributed by atoms with Gasteiger partial charge in [0.2, 0.25) is 5.91 Å². The van der Waals surface area contributed by atoms with Crippen LogP contribution in [-0.2, 0) is 0 Å². The molecule has 0 atom stereocenters. The Kier molecular flexibility index (Phi) is 3.75. The van der Waals surface area contributed by atoms with Crippen LogP contribution in [0.1, 0.15) is 23.2 Å². The molecule has 1 fully saturated rings. The number of nitrogens with zero attached hydrogens (tertiary/aromatic N) is 2. The third-order valence-corrected chi connectivity index (χ3v) is 4.24. The molecule has 1 aromatic carbocycles. The fraction of sp³-hybridized carbons (Fsp3) is 0.375. The van der Waals surface area contributed by atoms with E-state index >= 15 is 0 Å². The second-order valence-corrected chi connectivity index (χ2v) is 5.57. The van der Waals surface area contributed by atoms with Crippen LogP contribution in [0.5, 0.6) is 0 Å². The average molecular weight is 285 g/mol. The molecule has 3 N–H and O–H groups in total. The van der Waals surface area contributed by atoms with Crippen LogP contribution >= 0.6 is 0 Å². The van der Waals surface area contributed by atoms with E-state index in [9.17, 15) is 9.90 Å². The zero-order valence-electron chi connectivity index (χ0n) is 11.8. The maximum atomic E-state index is 11.4. The molecule has 0 aliphatic carbocycles. The number of aromatic nitrogens is 1. The van der Waals surface area contributed by atoms with E-state index in [0.717, 1.165) is 42.4 Å². The molecular formula is C16H19N3O2. The number of hydrogen-bond donors (Lipinski definition) is 2. The summed E-state index contributed by atoms with van der Waals surface area (Å²) in [5.74, 6) is -0.0241. The molecule has 2 aromatic rings. The topological polar surface area (TPSA) is 79.5 Å². The van der Waals surface area contributed by atoms with Crippen molar-refractivity contribution in [3.63, 3.8) is 0 Å². The summed E-state index contributed by atoms with van der Waals surface area (Å²) in [6.07, 6.45) is 5.58. The largest absolute Gasteiger partial charge is 0.396 e. The summed E-state index contributed by atoms with van der Waals surface area (Å²) in [5, 5.41) is 11.2. The maximum Gasteiger partial charge on any atom is 0.248 e. The smallest absolute Gasteiger partial charge is 0.248 e. The first-order chi connectivity index (χ1) is 10.2. The van der Waals surface area contributed by atoms with Gasteiger partial charge in [0.1, 0.15) is 0 Å². The number of anilines is 1. The zero-order valence-corrected chi connectivity index (χ0v) is 11.8. The fourth-order valence-electron chi connectivity index (χ4n) is 2.91. The van der Waals surface area contributed by atoms with Crippen LogP contribution in [0, 0.1) is 5.92 Å². The van der Waals surface area contributed by atoms with Gasteiger partial charge in [-0.3, -0.25) is 9.78 Å². The molecule has 1 aromatic heterocycles. The molecule has 1 aliphatic heterocycles. The highest BCUT2D eigenvalue weighted by Gasteiger charge is 2.20. The van der Waals surface area contributed by atoms with Crippen molar-refractivity contribution in [3.8, 4) is 0 Å². The van der Waals surface area contributed by atoms with E-state index in [1.165, 1.54) is 0 Å². The van der Waals surface area contributed by atoms with E-state index in [1.54, 1.807) is 12.3 Å². The molecule has 21 heavy (non-hydrogen) atoms. The molecule has 5 nitrogen and oxygen atoms in total. The first-order valence-corrected chi connectivity index (χ1v) is 7.22. The minimum atomic E-state index is -0.418. The van der Waals surface area contributed by atoms with Crippen molar-refractivity contribution in [2.75, 3.05) is 24.6 Å². The molecule has 1 aliphatic rings. The average Bonchev–Trinajstić information content (AvgIpc) is 2.54. The molecule has 0 bridgehead atoms. The number of aliphatic hydroxyl groups is 1. The Hall–Kier alpha value is -2.14. The summed E-state index contributed by atoms with van der Waals surface area (Å²) in [5.41, 5.74) is 6.92. The van der Waals surface area contributed by atoms with Crippen molar-refractivity contribution in [1.82, 2.24) is 4.98 Å². The van der Waals surface area contributed by atoms with Gasteiger partial charge in [0, 0.05) is 42.2 Å². The molecule has 0 saturated carbocycles. The van der Waals surface area contributed by atoms with Crippen LogP contribution in [0.15, 0.2) is 30.6 Å². The Morgan fingerprint density at radius 1 is 1.33 bits per heavy atom. The highest BCUT2D eigenvalue weighted by atomic mass is 16.3. The number of nitrogens with two attached hydrogens (primary N) is 1. The molecule has 0 radical (unpaired) electrons. The van der Waals surface area contributed by atoms with Crippen molar-refractivity contribution >= 4 is 22.4 Å². The maximum absolute atomic E-state index is 11.4. The van der Waals surface area contributed by atoms with Gasteiger partial charge in [-0.2, -0.15) is 0 Å². The Labute approximate surface area is 123 Å². The summed E-state index contributed by atoms with van der Waals surface area (Å²) in [6.45, 7) is 2.05. The van der Waals surface area contributed by atoms with Crippen molar-refractivity contribution in [1.29, 1.82) is 0 Å². The molecule has 5 heteroatoms. The highest BCUT2D eigenvalue weighted by molar-refractivity contribution is 6.01. The number of carbonyl (C=O) groups excluding carboxylic acids is 1. The number of pyridine rings is 1. The van der Waals surface area contributed by atoms with Gasteiger partial charge in [0.15, 0.2) is 0 Å². The van der Waals surface area contributed by atoms with E-state index in [-0.39, 0.29) is 6.61 Å². The number of fused-ring (bicyclic) bond motifs is 1. The molecule has 1 amide bonds. The first-order valence-electron chi connectivity index (χ1n) is 7.22. The van der Waals surface area contributed by atoms with Crippen LogP contribution in [0.4, 0.5) is 5.69 Å². The predicted octanol–water partition coefficient (Wildman–Crippen LogP) is 1.54. The molecule has 0 spiro atoms. The van der Waals surface area contributed by atoms with Crippen molar-refractivity contribution < 1.29 is 9.90 Å². The lowest BCUT2D eigenvalue weighted by Gasteiger charge is -2.33. The molecule has 2 heterocycles. The van der Waals surface area contributed by atoms with E-state index in [4.69, 9.17) is 5.73 Å². The molecule has 0 unspecified atom stereocenters. The number of piperidine rings is 1. The van der Waals surface area contributed by atoms with Crippen molar-refractivity contribution in [2.45, 2.75) is 12.8 Å². The number of hydrogen-bond acceptors (Lipinski definition) is 4. The van der Waals surface area contributed by atoms with Gasteiger partial charge < -0.3 is 15.7 Å². The standard InChI is InChI=1S/C16H19N3O2/c17-16(21)12-1-2-13-8-18-9-15(14(13)7-12)19-5-3-11(10-20)4-6-19/h1-2,7-9,11,20H,3-6,10H2,(H2,17,21). The third-order valence-electron chi connectivity index (χ3n) is 4.24. The number of rotatable bonds is 3. The Bertz CT molecular complexity index is 664. The molecular weight excluding hydrogens is 266 g/mol. The van der Waals surface area contributed by atoms with Crippen LogP contribution in [0.25, 0.3) is 10.8 Å². The van der Waals surface area contributed by atoms with Gasteiger partial charge in [-0.25, -0.2) is 0 Å². The van der Waals surface area contributed by atoms with E-state index in [1.807, 2.05) is 18.3 Å². The molecule has 1 saturated heterocycles. The Balaban J connectivity index is 1.98. The number of primary amides is 1. The number of carbonyl (C=O) groups is 1. The number of aliphatic hydroxyl groups excluding tert-OH is 1. The lowest BCUT2D eigenvalue weighted by Crippen LogP contribution is -2.34.